The van der Waals surface area contributed by atoms with Crippen molar-refractivity contribution in [1.29, 1.82) is 0 Å². The molecule has 1 N–H and O–H groups in total. The molecule has 1 atom stereocenters. The van der Waals surface area contributed by atoms with Crippen molar-refractivity contribution in [2.75, 3.05) is 19.8 Å². The number of rotatable bonds is 4. The van der Waals surface area contributed by atoms with Crippen LogP contribution in [0, 0.1) is 11.7 Å². The largest absolute Gasteiger partial charge is 0.381 e. The van der Waals surface area contributed by atoms with Gasteiger partial charge in [0.05, 0.1) is 19.1 Å². The normalized spacial score (nSPS) is 17.9. The Bertz CT molecular complexity index is 618. The molecule has 110 valence electrons. The van der Waals surface area contributed by atoms with Gasteiger partial charge >= 0.3 is 0 Å². The number of nitrogens with zero attached hydrogens (tertiary/aromatic N) is 2. The highest BCUT2D eigenvalue weighted by Gasteiger charge is 2.18. The van der Waals surface area contributed by atoms with Gasteiger partial charge in [0.1, 0.15) is 11.5 Å². The highest BCUT2D eigenvalue weighted by atomic mass is 19.1. The van der Waals surface area contributed by atoms with Gasteiger partial charge in [0, 0.05) is 24.8 Å². The molecule has 2 aromatic rings. The minimum Gasteiger partial charge on any atom is -0.381 e. The number of halogens is 1. The Hall–Kier alpha value is -2.21. The summed E-state index contributed by atoms with van der Waals surface area (Å²) < 4.78 is 19.9. The lowest BCUT2D eigenvalue weighted by molar-refractivity contribution is 0.0938. The molecule has 1 aromatic heterocycles. The van der Waals surface area contributed by atoms with E-state index in [1.54, 1.807) is 23.0 Å². The van der Waals surface area contributed by atoms with Crippen LogP contribution in [-0.2, 0) is 4.74 Å². The summed E-state index contributed by atoms with van der Waals surface area (Å²) in [5.41, 5.74) is 1.13. The lowest BCUT2D eigenvalue weighted by atomic mass is 10.1. The molecule has 2 heterocycles. The Morgan fingerprint density at radius 1 is 1.43 bits per heavy atom. The van der Waals surface area contributed by atoms with Crippen LogP contribution in [0.25, 0.3) is 5.69 Å². The minimum absolute atomic E-state index is 0.191. The van der Waals surface area contributed by atoms with E-state index in [2.05, 4.69) is 10.3 Å². The van der Waals surface area contributed by atoms with Gasteiger partial charge in [-0.3, -0.25) is 9.36 Å². The Kier molecular flexibility index (Phi) is 3.96. The third-order valence-corrected chi connectivity index (χ3v) is 3.55. The van der Waals surface area contributed by atoms with Gasteiger partial charge in [-0.2, -0.15) is 0 Å². The Labute approximate surface area is 121 Å². The first-order chi connectivity index (χ1) is 10.2. The first kappa shape index (κ1) is 13.8. The van der Waals surface area contributed by atoms with Crippen LogP contribution < -0.4 is 5.32 Å². The predicted molar refractivity (Wildman–Crippen MR) is 74.8 cm³/mol. The van der Waals surface area contributed by atoms with Crippen molar-refractivity contribution in [3.8, 4) is 5.69 Å². The quantitative estimate of drug-likeness (QED) is 0.933. The first-order valence-corrected chi connectivity index (χ1v) is 6.88. The zero-order valence-corrected chi connectivity index (χ0v) is 11.5. The molecule has 6 heteroatoms. The number of ether oxygens (including phenoxy) is 1. The van der Waals surface area contributed by atoms with Crippen LogP contribution >= 0.6 is 0 Å². The van der Waals surface area contributed by atoms with Crippen LogP contribution in [0.5, 0.6) is 0 Å². The van der Waals surface area contributed by atoms with Crippen LogP contribution in [0.15, 0.2) is 36.8 Å². The summed E-state index contributed by atoms with van der Waals surface area (Å²) in [5.74, 6) is -0.133. The van der Waals surface area contributed by atoms with E-state index >= 15 is 0 Å². The van der Waals surface area contributed by atoms with E-state index in [0.29, 0.717) is 30.5 Å². The van der Waals surface area contributed by atoms with E-state index in [4.69, 9.17) is 4.74 Å². The molecule has 5 nitrogen and oxygen atoms in total. The zero-order valence-electron chi connectivity index (χ0n) is 11.5. The second-order valence-corrected chi connectivity index (χ2v) is 5.06. The van der Waals surface area contributed by atoms with Gasteiger partial charge < -0.3 is 10.1 Å². The van der Waals surface area contributed by atoms with Gasteiger partial charge in [0.2, 0.25) is 0 Å². The lowest BCUT2D eigenvalue weighted by Gasteiger charge is -2.11. The number of benzene rings is 1. The van der Waals surface area contributed by atoms with Crippen molar-refractivity contribution >= 4 is 5.91 Å². The van der Waals surface area contributed by atoms with Gasteiger partial charge in [-0.1, -0.05) is 0 Å². The van der Waals surface area contributed by atoms with Crippen LogP contribution in [-0.4, -0.2) is 35.2 Å². The molecule has 21 heavy (non-hydrogen) atoms. The van der Waals surface area contributed by atoms with Crippen LogP contribution in [0.3, 0.4) is 0 Å². The zero-order chi connectivity index (χ0) is 14.7. The number of imidazole rings is 1. The molecule has 1 aromatic carbocycles. The van der Waals surface area contributed by atoms with Crippen molar-refractivity contribution in [2.24, 2.45) is 5.92 Å². The minimum atomic E-state index is -0.314. The maximum Gasteiger partial charge on any atom is 0.269 e. The van der Waals surface area contributed by atoms with Crippen molar-refractivity contribution < 1.29 is 13.9 Å². The fourth-order valence-electron chi connectivity index (χ4n) is 2.34. The predicted octanol–water partition coefficient (Wildman–Crippen LogP) is 1.78. The van der Waals surface area contributed by atoms with E-state index < -0.39 is 0 Å². The molecule has 3 rings (SSSR count). The monoisotopic (exact) mass is 289 g/mol. The average molecular weight is 289 g/mol. The molecule has 0 unspecified atom stereocenters. The molecule has 0 aliphatic carbocycles. The Morgan fingerprint density at radius 3 is 2.95 bits per heavy atom. The third-order valence-electron chi connectivity index (χ3n) is 3.55. The fraction of sp³-hybridized carbons (Fsp3) is 0.333. The second kappa shape index (κ2) is 6.05. The number of amides is 1. The summed E-state index contributed by atoms with van der Waals surface area (Å²) in [5, 5.41) is 2.89. The van der Waals surface area contributed by atoms with E-state index in [-0.39, 0.29) is 11.7 Å². The number of hydrogen-bond acceptors (Lipinski definition) is 3. The highest BCUT2D eigenvalue weighted by molar-refractivity contribution is 5.93. The van der Waals surface area contributed by atoms with E-state index in [1.807, 2.05) is 0 Å². The molecular weight excluding hydrogens is 273 g/mol. The molecular formula is C15H16FN3O2. The fourth-order valence-corrected chi connectivity index (χ4v) is 2.34. The van der Waals surface area contributed by atoms with Crippen molar-refractivity contribution in [3.63, 3.8) is 0 Å². The van der Waals surface area contributed by atoms with Crippen molar-refractivity contribution in [1.82, 2.24) is 14.9 Å². The first-order valence-electron chi connectivity index (χ1n) is 6.88. The molecule has 0 spiro atoms. The summed E-state index contributed by atoms with van der Waals surface area (Å²) >= 11 is 0. The second-order valence-electron chi connectivity index (χ2n) is 5.06. The Morgan fingerprint density at radius 2 is 2.24 bits per heavy atom. The molecule has 0 bridgehead atoms. The number of carbonyl (C=O) groups is 1. The number of carbonyl (C=O) groups excluding carboxylic acids is 1. The lowest BCUT2D eigenvalue weighted by Crippen LogP contribution is -2.30. The van der Waals surface area contributed by atoms with Gasteiger partial charge in [0.15, 0.2) is 0 Å². The summed E-state index contributed by atoms with van der Waals surface area (Å²) in [7, 11) is 0. The molecule has 1 saturated heterocycles. The van der Waals surface area contributed by atoms with Crippen LogP contribution in [0.1, 0.15) is 16.9 Å². The maximum absolute atomic E-state index is 13.0. The van der Waals surface area contributed by atoms with Gasteiger partial charge in [-0.25, -0.2) is 9.37 Å². The smallest absolute Gasteiger partial charge is 0.269 e. The van der Waals surface area contributed by atoms with E-state index in [1.165, 1.54) is 18.3 Å². The van der Waals surface area contributed by atoms with E-state index in [0.717, 1.165) is 13.0 Å². The average Bonchev–Trinajstić information content (AvgIpc) is 3.17. The molecule has 0 radical (unpaired) electrons. The SMILES string of the molecule is O=C(NC[C@@H]1CCOC1)c1cncn1-c1ccc(F)cc1. The van der Waals surface area contributed by atoms with Crippen molar-refractivity contribution in [3.05, 3.63) is 48.3 Å². The van der Waals surface area contributed by atoms with Gasteiger partial charge in [0.25, 0.3) is 5.91 Å². The molecule has 1 fully saturated rings. The van der Waals surface area contributed by atoms with E-state index in [9.17, 15) is 9.18 Å². The van der Waals surface area contributed by atoms with Gasteiger partial charge in [-0.15, -0.1) is 0 Å². The summed E-state index contributed by atoms with van der Waals surface area (Å²) in [6, 6.07) is 5.93. The maximum atomic E-state index is 13.0. The topological polar surface area (TPSA) is 56.1 Å². The highest BCUT2D eigenvalue weighted by Crippen LogP contribution is 2.13. The van der Waals surface area contributed by atoms with Crippen LogP contribution in [0.4, 0.5) is 4.39 Å². The molecule has 1 aliphatic heterocycles. The number of hydrogen-bond donors (Lipinski definition) is 1. The number of aromatic nitrogens is 2. The van der Waals surface area contributed by atoms with Crippen molar-refractivity contribution in [2.45, 2.75) is 6.42 Å². The molecule has 0 saturated carbocycles. The summed E-state index contributed by atoms with van der Waals surface area (Å²) in [6.07, 6.45) is 4.02. The summed E-state index contributed by atoms with van der Waals surface area (Å²) in [4.78, 5) is 16.2. The molecule has 1 amide bonds. The number of nitrogens with one attached hydrogen (secondary N) is 1. The third kappa shape index (κ3) is 3.11. The Balaban J connectivity index is 1.72. The summed E-state index contributed by atoms with van der Waals surface area (Å²) in [6.45, 7) is 2.04. The van der Waals surface area contributed by atoms with Gasteiger partial charge in [-0.05, 0) is 30.7 Å². The van der Waals surface area contributed by atoms with Crippen LogP contribution in [0.2, 0.25) is 0 Å². The molecule has 1 aliphatic rings. The standard InChI is InChI=1S/C15H16FN3O2/c16-12-1-3-13(4-2-12)19-10-17-8-14(19)15(20)18-7-11-5-6-21-9-11/h1-4,8,10-11H,5-7,9H2,(H,18,20)/t11-/m0/s1.